The lowest BCUT2D eigenvalue weighted by atomic mass is 10.2. The van der Waals surface area contributed by atoms with Gasteiger partial charge in [-0.05, 0) is 52.7 Å². The normalized spacial score (nSPS) is 10.2. The Kier molecular flexibility index (Phi) is 5.16. The number of H-pyrrole nitrogens is 1. The molecule has 0 aliphatic carbocycles. The maximum Gasteiger partial charge on any atom is 0.338 e. The van der Waals surface area contributed by atoms with Crippen LogP contribution in [0.2, 0.25) is 0 Å². The van der Waals surface area contributed by atoms with Crippen LogP contribution in [0.15, 0.2) is 41.0 Å². The molecule has 5 nitrogen and oxygen atoms in total. The number of esters is 1. The van der Waals surface area contributed by atoms with Crippen LogP contribution in [0.5, 0.6) is 0 Å². The zero-order valence-electron chi connectivity index (χ0n) is 11.5. The number of amides is 1. The third-order valence-electron chi connectivity index (χ3n) is 2.71. The van der Waals surface area contributed by atoms with Crippen LogP contribution in [0.25, 0.3) is 0 Å². The molecule has 0 aliphatic heterocycles. The van der Waals surface area contributed by atoms with E-state index in [4.69, 9.17) is 4.74 Å². The van der Waals surface area contributed by atoms with Gasteiger partial charge >= 0.3 is 5.97 Å². The molecule has 0 spiro atoms. The molecule has 0 saturated heterocycles. The number of carbonyl (C=O) groups is 2. The molecule has 1 aromatic heterocycles. The van der Waals surface area contributed by atoms with Gasteiger partial charge in [0.15, 0.2) is 0 Å². The van der Waals surface area contributed by atoms with E-state index in [1.807, 2.05) is 6.92 Å². The number of rotatable bonds is 5. The molecule has 0 fully saturated rings. The largest absolute Gasteiger partial charge is 0.462 e. The van der Waals surface area contributed by atoms with Crippen LogP contribution in [0.4, 0.5) is 5.69 Å². The molecule has 0 unspecified atom stereocenters. The van der Waals surface area contributed by atoms with Crippen molar-refractivity contribution in [2.75, 3.05) is 11.9 Å². The van der Waals surface area contributed by atoms with E-state index in [1.54, 1.807) is 36.5 Å². The number of benzene rings is 1. The van der Waals surface area contributed by atoms with E-state index in [1.165, 1.54) is 0 Å². The van der Waals surface area contributed by atoms with Crippen LogP contribution in [0.3, 0.4) is 0 Å². The summed E-state index contributed by atoms with van der Waals surface area (Å²) in [6.07, 6.45) is 2.47. The first-order chi connectivity index (χ1) is 10.1. The third-order valence-corrected chi connectivity index (χ3v) is 3.17. The average molecular weight is 351 g/mol. The molecule has 2 aromatic rings. The second-order valence-electron chi connectivity index (χ2n) is 4.40. The number of aromatic nitrogens is 1. The van der Waals surface area contributed by atoms with Crippen molar-refractivity contribution in [3.8, 4) is 0 Å². The first-order valence-electron chi connectivity index (χ1n) is 6.52. The summed E-state index contributed by atoms with van der Waals surface area (Å²) in [5, 5.41) is 2.74. The summed E-state index contributed by atoms with van der Waals surface area (Å²) in [6, 6.07) is 8.26. The fraction of sp³-hybridized carbons (Fsp3) is 0.200. The van der Waals surface area contributed by atoms with E-state index in [9.17, 15) is 9.59 Å². The predicted molar refractivity (Wildman–Crippen MR) is 83.5 cm³/mol. The second-order valence-corrected chi connectivity index (χ2v) is 5.31. The van der Waals surface area contributed by atoms with Crippen LogP contribution >= 0.6 is 15.9 Å². The van der Waals surface area contributed by atoms with E-state index in [0.717, 1.165) is 10.9 Å². The average Bonchev–Trinajstić information content (AvgIpc) is 2.92. The van der Waals surface area contributed by atoms with E-state index >= 15 is 0 Å². The molecule has 0 radical (unpaired) electrons. The van der Waals surface area contributed by atoms with E-state index in [-0.39, 0.29) is 11.9 Å². The van der Waals surface area contributed by atoms with Gasteiger partial charge in [-0.15, -0.1) is 0 Å². The topological polar surface area (TPSA) is 71.2 Å². The lowest BCUT2D eigenvalue weighted by Gasteiger charge is -2.06. The van der Waals surface area contributed by atoms with Crippen molar-refractivity contribution >= 4 is 33.5 Å². The van der Waals surface area contributed by atoms with Crippen molar-refractivity contribution in [2.45, 2.75) is 13.3 Å². The molecule has 2 N–H and O–H groups in total. The van der Waals surface area contributed by atoms with Gasteiger partial charge in [-0.1, -0.05) is 6.92 Å². The number of nitrogens with one attached hydrogen (secondary N) is 2. The lowest BCUT2D eigenvalue weighted by Crippen LogP contribution is -2.12. The zero-order valence-corrected chi connectivity index (χ0v) is 13.1. The number of hydrogen-bond donors (Lipinski definition) is 2. The van der Waals surface area contributed by atoms with Crippen molar-refractivity contribution in [2.24, 2.45) is 0 Å². The highest BCUT2D eigenvalue weighted by Crippen LogP contribution is 2.14. The van der Waals surface area contributed by atoms with Gasteiger partial charge in [0.2, 0.25) is 0 Å². The highest BCUT2D eigenvalue weighted by Gasteiger charge is 2.10. The van der Waals surface area contributed by atoms with Crippen molar-refractivity contribution < 1.29 is 14.3 Å². The Labute approximate surface area is 130 Å². The molecule has 6 heteroatoms. The van der Waals surface area contributed by atoms with E-state index in [2.05, 4.69) is 26.2 Å². The molecule has 0 saturated carbocycles. The van der Waals surface area contributed by atoms with Gasteiger partial charge in [-0.25, -0.2) is 4.79 Å². The standard InChI is InChI=1S/C15H15BrN2O3/c1-2-7-21-15(20)10-3-5-12(6-4-10)18-14(19)13-8-11(16)9-17-13/h3-6,8-9,17H,2,7H2,1H3,(H,18,19). The maximum atomic E-state index is 11.9. The quantitative estimate of drug-likeness (QED) is 0.809. The lowest BCUT2D eigenvalue weighted by molar-refractivity contribution is 0.0505. The third kappa shape index (κ3) is 4.19. The van der Waals surface area contributed by atoms with Crippen molar-refractivity contribution in [1.29, 1.82) is 0 Å². The van der Waals surface area contributed by atoms with Gasteiger partial charge in [-0.2, -0.15) is 0 Å². The molecule has 1 amide bonds. The summed E-state index contributed by atoms with van der Waals surface area (Å²) in [5.74, 6) is -0.606. The monoisotopic (exact) mass is 350 g/mol. The Hall–Kier alpha value is -2.08. The first-order valence-corrected chi connectivity index (χ1v) is 7.32. The van der Waals surface area contributed by atoms with Crippen LogP contribution in [0.1, 0.15) is 34.2 Å². The zero-order chi connectivity index (χ0) is 15.2. The smallest absolute Gasteiger partial charge is 0.338 e. The second kappa shape index (κ2) is 7.08. The van der Waals surface area contributed by atoms with Gasteiger partial charge in [0.25, 0.3) is 5.91 Å². The molecular weight excluding hydrogens is 336 g/mol. The number of anilines is 1. The summed E-state index contributed by atoms with van der Waals surface area (Å²) in [5.41, 5.74) is 1.52. The number of hydrogen-bond acceptors (Lipinski definition) is 3. The maximum absolute atomic E-state index is 11.9. The molecule has 1 aromatic carbocycles. The van der Waals surface area contributed by atoms with Crippen LogP contribution in [0, 0.1) is 0 Å². The van der Waals surface area contributed by atoms with Crippen LogP contribution < -0.4 is 5.32 Å². The Morgan fingerprint density at radius 3 is 2.57 bits per heavy atom. The summed E-state index contributed by atoms with van der Waals surface area (Å²) >= 11 is 3.27. The minimum absolute atomic E-state index is 0.248. The highest BCUT2D eigenvalue weighted by atomic mass is 79.9. The number of halogens is 1. The summed E-state index contributed by atoms with van der Waals surface area (Å²) in [7, 11) is 0. The van der Waals surface area contributed by atoms with Gasteiger partial charge in [-0.3, -0.25) is 4.79 Å². The van der Waals surface area contributed by atoms with E-state index < -0.39 is 0 Å². The molecule has 0 aliphatic rings. The highest BCUT2D eigenvalue weighted by molar-refractivity contribution is 9.10. The first kappa shape index (κ1) is 15.3. The minimum atomic E-state index is -0.358. The Morgan fingerprint density at radius 2 is 2.00 bits per heavy atom. The van der Waals surface area contributed by atoms with Crippen molar-refractivity contribution in [3.63, 3.8) is 0 Å². The molecule has 21 heavy (non-hydrogen) atoms. The molecular formula is C15H15BrN2O3. The fourth-order valence-electron chi connectivity index (χ4n) is 1.67. The molecule has 2 rings (SSSR count). The van der Waals surface area contributed by atoms with Gasteiger partial charge in [0.05, 0.1) is 12.2 Å². The Morgan fingerprint density at radius 1 is 1.29 bits per heavy atom. The minimum Gasteiger partial charge on any atom is -0.462 e. The SMILES string of the molecule is CCCOC(=O)c1ccc(NC(=O)c2cc(Br)c[nH]2)cc1. The summed E-state index contributed by atoms with van der Waals surface area (Å²) in [6.45, 7) is 2.34. The summed E-state index contributed by atoms with van der Waals surface area (Å²) < 4.78 is 5.84. The molecule has 0 bridgehead atoms. The van der Waals surface area contributed by atoms with Crippen LogP contribution in [-0.4, -0.2) is 23.5 Å². The Bertz CT molecular complexity index is 635. The van der Waals surface area contributed by atoms with Crippen molar-refractivity contribution in [3.05, 3.63) is 52.3 Å². The number of aromatic amines is 1. The Balaban J connectivity index is 1.99. The van der Waals surface area contributed by atoms with Crippen LogP contribution in [-0.2, 0) is 4.74 Å². The fourth-order valence-corrected chi connectivity index (χ4v) is 2.01. The molecule has 110 valence electrons. The number of ether oxygens (including phenoxy) is 1. The number of carbonyl (C=O) groups excluding carboxylic acids is 2. The van der Waals surface area contributed by atoms with Gasteiger partial charge in [0, 0.05) is 16.4 Å². The molecule has 1 heterocycles. The predicted octanol–water partition coefficient (Wildman–Crippen LogP) is 3.60. The van der Waals surface area contributed by atoms with E-state index in [0.29, 0.717) is 23.6 Å². The summed E-state index contributed by atoms with van der Waals surface area (Å²) in [4.78, 5) is 26.4. The van der Waals surface area contributed by atoms with Gasteiger partial charge in [0.1, 0.15) is 5.69 Å². The molecule has 0 atom stereocenters. The van der Waals surface area contributed by atoms with Gasteiger partial charge < -0.3 is 15.0 Å². The van der Waals surface area contributed by atoms with Crippen molar-refractivity contribution in [1.82, 2.24) is 4.98 Å².